The van der Waals surface area contributed by atoms with Gasteiger partial charge in [-0.2, -0.15) is 0 Å². The number of carbonyl (C=O) groups excluding carboxylic acids is 1. The lowest BCUT2D eigenvalue weighted by Gasteiger charge is -2.09. The Hall–Kier alpha value is -1.78. The van der Waals surface area contributed by atoms with E-state index in [-0.39, 0.29) is 16.1 Å². The van der Waals surface area contributed by atoms with E-state index in [4.69, 9.17) is 27.9 Å². The predicted octanol–water partition coefficient (Wildman–Crippen LogP) is 3.33. The van der Waals surface area contributed by atoms with Gasteiger partial charge < -0.3 is 10.1 Å². The van der Waals surface area contributed by atoms with Gasteiger partial charge in [-0.1, -0.05) is 41.4 Å². The first kappa shape index (κ1) is 14.6. The van der Waals surface area contributed by atoms with Crippen molar-refractivity contribution < 1.29 is 9.53 Å². The SMILES string of the molecule is COc1ccccc1CNC(=O)c1cnc(Cl)c(Cl)c1. The number of ether oxygens (including phenoxy) is 1. The second-order valence-electron chi connectivity index (χ2n) is 3.99. The lowest BCUT2D eigenvalue weighted by atomic mass is 10.2. The molecule has 0 unspecified atom stereocenters. The largest absolute Gasteiger partial charge is 0.496 e. The minimum atomic E-state index is -0.276. The van der Waals surface area contributed by atoms with Crippen LogP contribution in [0.4, 0.5) is 0 Å². The zero-order chi connectivity index (χ0) is 14.5. The average Bonchev–Trinajstić information content (AvgIpc) is 2.47. The van der Waals surface area contributed by atoms with Crippen LogP contribution in [0.25, 0.3) is 0 Å². The van der Waals surface area contributed by atoms with E-state index in [1.807, 2.05) is 24.3 Å². The van der Waals surface area contributed by atoms with E-state index in [0.717, 1.165) is 11.3 Å². The van der Waals surface area contributed by atoms with Crippen molar-refractivity contribution in [3.05, 3.63) is 57.8 Å². The van der Waals surface area contributed by atoms with Gasteiger partial charge in [-0.25, -0.2) is 4.98 Å². The molecule has 0 radical (unpaired) electrons. The van der Waals surface area contributed by atoms with E-state index in [0.29, 0.717) is 12.1 Å². The number of aromatic nitrogens is 1. The van der Waals surface area contributed by atoms with Crippen molar-refractivity contribution >= 4 is 29.1 Å². The summed E-state index contributed by atoms with van der Waals surface area (Å²) < 4.78 is 5.22. The average molecular weight is 311 g/mol. The Kier molecular flexibility index (Phi) is 4.82. The molecule has 2 aromatic rings. The first-order valence-electron chi connectivity index (χ1n) is 5.83. The van der Waals surface area contributed by atoms with Crippen LogP contribution in [-0.2, 0) is 6.54 Å². The molecule has 1 amide bonds. The summed E-state index contributed by atoms with van der Waals surface area (Å²) in [6, 6.07) is 8.95. The van der Waals surface area contributed by atoms with Crippen molar-refractivity contribution in [2.45, 2.75) is 6.54 Å². The van der Waals surface area contributed by atoms with Crippen LogP contribution < -0.4 is 10.1 Å². The monoisotopic (exact) mass is 310 g/mol. The highest BCUT2D eigenvalue weighted by molar-refractivity contribution is 6.41. The number of para-hydroxylation sites is 1. The van der Waals surface area contributed by atoms with Crippen LogP contribution in [0, 0.1) is 0 Å². The summed E-state index contributed by atoms with van der Waals surface area (Å²) >= 11 is 11.5. The molecule has 1 N–H and O–H groups in total. The summed E-state index contributed by atoms with van der Waals surface area (Å²) in [6.45, 7) is 0.350. The summed E-state index contributed by atoms with van der Waals surface area (Å²) in [7, 11) is 1.59. The summed E-state index contributed by atoms with van der Waals surface area (Å²) in [5.41, 5.74) is 1.24. The number of nitrogens with one attached hydrogen (secondary N) is 1. The highest BCUT2D eigenvalue weighted by Gasteiger charge is 2.10. The lowest BCUT2D eigenvalue weighted by molar-refractivity contribution is 0.0950. The molecule has 1 heterocycles. The molecule has 0 aliphatic carbocycles. The second kappa shape index (κ2) is 6.59. The number of methoxy groups -OCH3 is 1. The third-order valence-electron chi connectivity index (χ3n) is 2.69. The normalized spacial score (nSPS) is 10.2. The summed E-state index contributed by atoms with van der Waals surface area (Å²) in [5, 5.41) is 3.20. The van der Waals surface area contributed by atoms with Gasteiger partial charge in [0.15, 0.2) is 0 Å². The van der Waals surface area contributed by atoms with Gasteiger partial charge in [0.25, 0.3) is 5.91 Å². The first-order valence-corrected chi connectivity index (χ1v) is 6.58. The highest BCUT2D eigenvalue weighted by Crippen LogP contribution is 2.20. The molecule has 0 spiro atoms. The molecule has 0 saturated heterocycles. The van der Waals surface area contributed by atoms with Crippen molar-refractivity contribution in [3.63, 3.8) is 0 Å². The number of amides is 1. The van der Waals surface area contributed by atoms with Gasteiger partial charge >= 0.3 is 0 Å². The number of hydrogen-bond acceptors (Lipinski definition) is 3. The van der Waals surface area contributed by atoms with Gasteiger partial charge in [0.1, 0.15) is 10.9 Å². The third kappa shape index (κ3) is 3.40. The Bertz CT molecular complexity index is 632. The number of benzene rings is 1. The minimum absolute atomic E-state index is 0.174. The second-order valence-corrected chi connectivity index (χ2v) is 4.76. The van der Waals surface area contributed by atoms with Crippen LogP contribution in [0.2, 0.25) is 10.2 Å². The minimum Gasteiger partial charge on any atom is -0.496 e. The summed E-state index contributed by atoms with van der Waals surface area (Å²) in [4.78, 5) is 15.8. The Morgan fingerprint density at radius 3 is 2.80 bits per heavy atom. The van der Waals surface area contributed by atoms with Gasteiger partial charge in [-0.3, -0.25) is 4.79 Å². The van der Waals surface area contributed by atoms with Crippen LogP contribution >= 0.6 is 23.2 Å². The van der Waals surface area contributed by atoms with Gasteiger partial charge in [-0.05, 0) is 12.1 Å². The zero-order valence-corrected chi connectivity index (χ0v) is 12.2. The summed E-state index contributed by atoms with van der Waals surface area (Å²) in [5.74, 6) is 0.446. The molecule has 104 valence electrons. The Balaban J connectivity index is 2.06. The number of rotatable bonds is 4. The van der Waals surface area contributed by atoms with Crippen LogP contribution in [0.15, 0.2) is 36.5 Å². The van der Waals surface area contributed by atoms with Gasteiger partial charge in [0.2, 0.25) is 0 Å². The van der Waals surface area contributed by atoms with E-state index in [9.17, 15) is 4.79 Å². The smallest absolute Gasteiger partial charge is 0.253 e. The first-order chi connectivity index (χ1) is 9.61. The Morgan fingerprint density at radius 1 is 1.35 bits per heavy atom. The van der Waals surface area contributed by atoms with Crippen LogP contribution in [0.5, 0.6) is 5.75 Å². The molecule has 20 heavy (non-hydrogen) atoms. The molecule has 2 rings (SSSR count). The fourth-order valence-corrected chi connectivity index (χ4v) is 1.94. The van der Waals surface area contributed by atoms with Gasteiger partial charge in [0.05, 0.1) is 17.7 Å². The maximum absolute atomic E-state index is 12.0. The Morgan fingerprint density at radius 2 is 2.10 bits per heavy atom. The van der Waals surface area contributed by atoms with E-state index in [1.165, 1.54) is 12.3 Å². The van der Waals surface area contributed by atoms with Crippen LogP contribution in [-0.4, -0.2) is 18.0 Å². The van der Waals surface area contributed by atoms with Crippen LogP contribution in [0.3, 0.4) is 0 Å². The van der Waals surface area contributed by atoms with Crippen molar-refractivity contribution in [2.24, 2.45) is 0 Å². The molecule has 0 aliphatic rings. The molecule has 0 aliphatic heterocycles. The maximum atomic E-state index is 12.0. The number of carbonyl (C=O) groups is 1. The number of nitrogens with zero attached hydrogens (tertiary/aromatic N) is 1. The fraction of sp³-hybridized carbons (Fsp3) is 0.143. The molecule has 4 nitrogen and oxygen atoms in total. The number of halogens is 2. The fourth-order valence-electron chi connectivity index (χ4n) is 1.67. The third-order valence-corrected chi connectivity index (χ3v) is 3.38. The van der Waals surface area contributed by atoms with Gasteiger partial charge in [-0.15, -0.1) is 0 Å². The lowest BCUT2D eigenvalue weighted by Crippen LogP contribution is -2.23. The van der Waals surface area contributed by atoms with E-state index in [1.54, 1.807) is 7.11 Å². The topological polar surface area (TPSA) is 51.2 Å². The van der Waals surface area contributed by atoms with E-state index < -0.39 is 0 Å². The molecule has 0 atom stereocenters. The highest BCUT2D eigenvalue weighted by atomic mass is 35.5. The molecule has 6 heteroatoms. The molecule has 0 fully saturated rings. The standard InChI is InChI=1S/C14H12Cl2N2O2/c1-20-12-5-3-2-4-9(12)7-18-14(19)10-6-11(15)13(16)17-8-10/h2-6,8H,7H2,1H3,(H,18,19). The predicted molar refractivity (Wildman–Crippen MR) is 78.4 cm³/mol. The maximum Gasteiger partial charge on any atom is 0.253 e. The molecule has 0 bridgehead atoms. The van der Waals surface area contributed by atoms with Gasteiger partial charge in [0, 0.05) is 18.3 Å². The van der Waals surface area contributed by atoms with E-state index >= 15 is 0 Å². The molecule has 0 saturated carbocycles. The molecular weight excluding hydrogens is 299 g/mol. The zero-order valence-electron chi connectivity index (χ0n) is 10.7. The van der Waals surface area contributed by atoms with Crippen molar-refractivity contribution in [3.8, 4) is 5.75 Å². The molecular formula is C14H12Cl2N2O2. The van der Waals surface area contributed by atoms with Crippen LogP contribution in [0.1, 0.15) is 15.9 Å². The van der Waals surface area contributed by atoms with Crippen molar-refractivity contribution in [2.75, 3.05) is 7.11 Å². The molecule has 1 aromatic heterocycles. The molecule has 1 aromatic carbocycles. The van der Waals surface area contributed by atoms with Crippen molar-refractivity contribution in [1.82, 2.24) is 10.3 Å². The van der Waals surface area contributed by atoms with E-state index in [2.05, 4.69) is 10.3 Å². The summed E-state index contributed by atoms with van der Waals surface area (Å²) in [6.07, 6.45) is 1.38. The van der Waals surface area contributed by atoms with Crippen molar-refractivity contribution in [1.29, 1.82) is 0 Å². The number of hydrogen-bond donors (Lipinski definition) is 1. The quantitative estimate of drug-likeness (QED) is 0.881. The number of pyridine rings is 1. The Labute approximate surface area is 126 Å².